The van der Waals surface area contributed by atoms with Crippen LogP contribution in [0, 0.1) is 11.6 Å². The van der Waals surface area contributed by atoms with Crippen molar-refractivity contribution in [2.24, 2.45) is 0 Å². The number of hydrogen-bond donors (Lipinski definition) is 2. The molecule has 1 aromatic carbocycles. The first-order valence-corrected chi connectivity index (χ1v) is 7.70. The molecular formula is C17H15F2N3O4. The summed E-state index contributed by atoms with van der Waals surface area (Å²) in [4.78, 5) is 37.4. The van der Waals surface area contributed by atoms with Gasteiger partial charge in [-0.05, 0) is 25.1 Å². The van der Waals surface area contributed by atoms with Crippen molar-refractivity contribution in [2.45, 2.75) is 19.0 Å². The van der Waals surface area contributed by atoms with Gasteiger partial charge in [-0.3, -0.25) is 14.5 Å². The highest BCUT2D eigenvalue weighted by Crippen LogP contribution is 2.30. The van der Waals surface area contributed by atoms with Crippen LogP contribution in [0.4, 0.5) is 13.6 Å². The Labute approximate surface area is 147 Å². The van der Waals surface area contributed by atoms with E-state index in [0.717, 1.165) is 12.1 Å². The number of nitrogens with one attached hydrogen (secondary N) is 2. The average Bonchev–Trinajstić information content (AvgIpc) is 3.16. The molecule has 9 heteroatoms. The van der Waals surface area contributed by atoms with E-state index < -0.39 is 41.6 Å². The van der Waals surface area contributed by atoms with Gasteiger partial charge in [-0.2, -0.15) is 0 Å². The molecule has 1 fully saturated rings. The molecule has 0 radical (unpaired) electrons. The molecule has 0 aliphatic carbocycles. The van der Waals surface area contributed by atoms with Crippen LogP contribution in [-0.4, -0.2) is 29.3 Å². The Morgan fingerprint density at radius 1 is 1.31 bits per heavy atom. The van der Waals surface area contributed by atoms with Crippen LogP contribution in [0.1, 0.15) is 18.2 Å². The quantitative estimate of drug-likeness (QED) is 0.790. The molecule has 1 atom stereocenters. The van der Waals surface area contributed by atoms with Crippen molar-refractivity contribution in [2.75, 3.05) is 6.54 Å². The zero-order valence-corrected chi connectivity index (χ0v) is 13.7. The Kier molecular flexibility index (Phi) is 4.45. The third kappa shape index (κ3) is 3.15. The van der Waals surface area contributed by atoms with Crippen molar-refractivity contribution in [1.29, 1.82) is 0 Å². The fourth-order valence-electron chi connectivity index (χ4n) is 2.72. The molecular weight excluding hydrogens is 348 g/mol. The second kappa shape index (κ2) is 6.58. The van der Waals surface area contributed by atoms with Gasteiger partial charge in [0.1, 0.15) is 29.5 Å². The Morgan fingerprint density at radius 3 is 2.73 bits per heavy atom. The summed E-state index contributed by atoms with van der Waals surface area (Å²) < 4.78 is 32.2. The fraction of sp³-hybridized carbons (Fsp3) is 0.235. The summed E-state index contributed by atoms with van der Waals surface area (Å²) >= 11 is 0. The molecule has 7 nitrogen and oxygen atoms in total. The maximum Gasteiger partial charge on any atom is 0.325 e. The number of hydrogen-bond acceptors (Lipinski definition) is 4. The normalized spacial score (nSPS) is 19.6. The smallest absolute Gasteiger partial charge is 0.325 e. The largest absolute Gasteiger partial charge is 0.467 e. The molecule has 4 amide bonds. The van der Waals surface area contributed by atoms with E-state index in [1.165, 1.54) is 13.2 Å². The Bertz CT molecular complexity index is 869. The lowest BCUT2D eigenvalue weighted by Crippen LogP contribution is -2.43. The number of halogens is 2. The molecule has 2 N–H and O–H groups in total. The van der Waals surface area contributed by atoms with E-state index in [9.17, 15) is 23.2 Å². The molecule has 1 saturated heterocycles. The predicted octanol–water partition coefficient (Wildman–Crippen LogP) is 1.64. The second-order valence-corrected chi connectivity index (χ2v) is 5.93. The van der Waals surface area contributed by atoms with Crippen LogP contribution >= 0.6 is 0 Å². The van der Waals surface area contributed by atoms with Crippen LogP contribution < -0.4 is 10.6 Å². The van der Waals surface area contributed by atoms with Crippen LogP contribution in [0.15, 0.2) is 41.0 Å². The average molecular weight is 363 g/mol. The van der Waals surface area contributed by atoms with Crippen LogP contribution in [0.5, 0.6) is 0 Å². The molecule has 1 aliphatic rings. The topological polar surface area (TPSA) is 91.7 Å². The van der Waals surface area contributed by atoms with Crippen molar-refractivity contribution in [1.82, 2.24) is 15.5 Å². The lowest BCUT2D eigenvalue weighted by Gasteiger charge is -2.22. The van der Waals surface area contributed by atoms with Crippen molar-refractivity contribution >= 4 is 17.8 Å². The zero-order valence-electron chi connectivity index (χ0n) is 13.7. The highest BCUT2D eigenvalue weighted by molar-refractivity contribution is 6.09. The van der Waals surface area contributed by atoms with E-state index in [4.69, 9.17) is 4.42 Å². The van der Waals surface area contributed by atoms with Crippen molar-refractivity contribution in [3.05, 3.63) is 59.6 Å². The van der Waals surface area contributed by atoms with E-state index in [-0.39, 0.29) is 12.1 Å². The summed E-state index contributed by atoms with van der Waals surface area (Å²) in [5, 5.41) is 4.87. The van der Waals surface area contributed by atoms with Gasteiger partial charge < -0.3 is 15.1 Å². The molecule has 3 rings (SSSR count). The number of carbonyl (C=O) groups excluding carboxylic acids is 3. The molecule has 136 valence electrons. The SMILES string of the molecule is CC1(c2ccc(F)cc2F)NC(=O)N(CC(=O)NCc2ccco2)C1=O. The minimum absolute atomic E-state index is 0.0966. The van der Waals surface area contributed by atoms with E-state index in [1.54, 1.807) is 12.1 Å². The van der Waals surface area contributed by atoms with Crippen molar-refractivity contribution in [3.63, 3.8) is 0 Å². The summed E-state index contributed by atoms with van der Waals surface area (Å²) in [6.07, 6.45) is 1.45. The van der Waals surface area contributed by atoms with Gasteiger partial charge in [-0.15, -0.1) is 0 Å². The summed E-state index contributed by atoms with van der Waals surface area (Å²) in [6, 6.07) is 5.17. The van der Waals surface area contributed by atoms with E-state index in [0.29, 0.717) is 16.7 Å². The summed E-state index contributed by atoms with van der Waals surface area (Å²) in [5.74, 6) is -2.66. The summed E-state index contributed by atoms with van der Waals surface area (Å²) in [7, 11) is 0. The highest BCUT2D eigenvalue weighted by Gasteiger charge is 2.50. The number of urea groups is 1. The van der Waals surface area contributed by atoms with Crippen molar-refractivity contribution in [3.8, 4) is 0 Å². The Morgan fingerprint density at radius 2 is 2.08 bits per heavy atom. The summed E-state index contributed by atoms with van der Waals surface area (Å²) in [6.45, 7) is 0.855. The zero-order chi connectivity index (χ0) is 18.9. The molecule has 1 unspecified atom stereocenters. The number of amides is 4. The standard InChI is InChI=1S/C17H15F2N3O4/c1-17(12-5-4-10(18)7-13(12)19)15(24)22(16(25)21-17)9-14(23)20-8-11-3-2-6-26-11/h2-7H,8-9H2,1H3,(H,20,23)(H,21,25). The van der Waals surface area contributed by atoms with E-state index in [2.05, 4.69) is 10.6 Å². The lowest BCUT2D eigenvalue weighted by molar-refractivity contribution is -0.135. The van der Waals surface area contributed by atoms with Gasteiger partial charge >= 0.3 is 6.03 Å². The van der Waals surface area contributed by atoms with Gasteiger partial charge in [0.25, 0.3) is 5.91 Å². The number of benzene rings is 1. The van der Waals surface area contributed by atoms with E-state index in [1.807, 2.05) is 0 Å². The Balaban J connectivity index is 1.72. The van der Waals surface area contributed by atoms with Crippen LogP contribution in [0.25, 0.3) is 0 Å². The number of nitrogens with zero attached hydrogens (tertiary/aromatic N) is 1. The lowest BCUT2D eigenvalue weighted by atomic mass is 9.91. The molecule has 2 aromatic rings. The minimum Gasteiger partial charge on any atom is -0.467 e. The number of rotatable bonds is 5. The third-order valence-electron chi connectivity index (χ3n) is 4.09. The second-order valence-electron chi connectivity index (χ2n) is 5.93. The molecule has 0 bridgehead atoms. The monoisotopic (exact) mass is 363 g/mol. The Hall–Kier alpha value is -3.23. The maximum atomic E-state index is 14.1. The molecule has 2 heterocycles. The van der Waals surface area contributed by atoms with Crippen LogP contribution in [0.2, 0.25) is 0 Å². The van der Waals surface area contributed by atoms with Gasteiger partial charge in [0.2, 0.25) is 5.91 Å². The first-order chi connectivity index (χ1) is 12.3. The van der Waals surface area contributed by atoms with Gasteiger partial charge in [0.15, 0.2) is 0 Å². The van der Waals surface area contributed by atoms with Gasteiger partial charge in [-0.25, -0.2) is 13.6 Å². The molecule has 26 heavy (non-hydrogen) atoms. The number of carbonyl (C=O) groups is 3. The maximum absolute atomic E-state index is 14.1. The molecule has 1 aromatic heterocycles. The summed E-state index contributed by atoms with van der Waals surface area (Å²) in [5.41, 5.74) is -1.91. The van der Waals surface area contributed by atoms with Crippen LogP contribution in [-0.2, 0) is 21.7 Å². The molecule has 0 spiro atoms. The van der Waals surface area contributed by atoms with Crippen molar-refractivity contribution < 1.29 is 27.6 Å². The first-order valence-electron chi connectivity index (χ1n) is 7.70. The first kappa shape index (κ1) is 17.6. The predicted molar refractivity (Wildman–Crippen MR) is 84.5 cm³/mol. The molecule has 1 aliphatic heterocycles. The van der Waals surface area contributed by atoms with E-state index >= 15 is 0 Å². The highest BCUT2D eigenvalue weighted by atomic mass is 19.1. The number of imide groups is 1. The molecule has 0 saturated carbocycles. The van der Waals surface area contributed by atoms with Gasteiger partial charge in [-0.1, -0.05) is 6.07 Å². The van der Waals surface area contributed by atoms with Gasteiger partial charge in [0.05, 0.1) is 12.8 Å². The van der Waals surface area contributed by atoms with Gasteiger partial charge in [0, 0.05) is 11.6 Å². The fourth-order valence-corrected chi connectivity index (χ4v) is 2.72. The minimum atomic E-state index is -1.73. The van der Waals surface area contributed by atoms with Crippen LogP contribution in [0.3, 0.4) is 0 Å². The third-order valence-corrected chi connectivity index (χ3v) is 4.09. The number of furan rings is 1.